The summed E-state index contributed by atoms with van der Waals surface area (Å²) in [5.74, 6) is 0.647. The second-order valence-corrected chi connectivity index (χ2v) is 6.24. The van der Waals surface area contributed by atoms with Crippen LogP contribution in [-0.4, -0.2) is 25.5 Å². The van der Waals surface area contributed by atoms with Gasteiger partial charge in [-0.15, -0.1) is 0 Å². The predicted molar refractivity (Wildman–Crippen MR) is 111 cm³/mol. The van der Waals surface area contributed by atoms with Crippen LogP contribution in [0.4, 0.5) is 0 Å². The van der Waals surface area contributed by atoms with E-state index in [9.17, 15) is 9.59 Å². The van der Waals surface area contributed by atoms with E-state index < -0.39 is 11.8 Å². The van der Waals surface area contributed by atoms with Gasteiger partial charge in [-0.2, -0.15) is 0 Å². The molecule has 0 saturated heterocycles. The normalized spacial score (nSPS) is 10.0. The first-order valence-electron chi connectivity index (χ1n) is 9.27. The molecule has 0 aromatic heterocycles. The monoisotopic (exact) mass is 406 g/mol. The summed E-state index contributed by atoms with van der Waals surface area (Å²) in [4.78, 5) is 24.1. The summed E-state index contributed by atoms with van der Waals surface area (Å²) in [7, 11) is 1.51. The molecular weight excluding hydrogens is 384 g/mol. The molecule has 30 heavy (non-hydrogen) atoms. The van der Waals surface area contributed by atoms with Crippen LogP contribution in [0.5, 0.6) is 17.2 Å². The number of rotatable bonds is 8. The molecule has 0 aliphatic rings. The van der Waals surface area contributed by atoms with Crippen LogP contribution in [0.25, 0.3) is 0 Å². The molecule has 7 heteroatoms. The zero-order chi connectivity index (χ0) is 21.2. The highest BCUT2D eigenvalue weighted by Gasteiger charge is 2.10. The Morgan fingerprint density at radius 1 is 0.767 bits per heavy atom. The first-order chi connectivity index (χ1) is 14.7. The lowest BCUT2D eigenvalue weighted by Gasteiger charge is -2.11. The van der Waals surface area contributed by atoms with Gasteiger partial charge in [0.15, 0.2) is 18.1 Å². The highest BCUT2D eigenvalue weighted by atomic mass is 16.5. The first kappa shape index (κ1) is 20.7. The summed E-state index contributed by atoms with van der Waals surface area (Å²) in [6.07, 6.45) is 0. The molecule has 2 amide bonds. The minimum absolute atomic E-state index is 0.271. The van der Waals surface area contributed by atoms with Gasteiger partial charge in [0.05, 0.1) is 7.11 Å². The number of hydrazine groups is 1. The quantitative estimate of drug-likeness (QED) is 0.562. The molecule has 0 bridgehead atoms. The number of hydrogen-bond donors (Lipinski definition) is 2. The van der Waals surface area contributed by atoms with Crippen LogP contribution < -0.4 is 25.1 Å². The van der Waals surface area contributed by atoms with Gasteiger partial charge in [0.1, 0.15) is 12.4 Å². The third-order valence-electron chi connectivity index (χ3n) is 4.11. The molecule has 0 radical (unpaired) electrons. The van der Waals surface area contributed by atoms with Gasteiger partial charge < -0.3 is 14.2 Å². The second-order valence-electron chi connectivity index (χ2n) is 6.24. The Balaban J connectivity index is 1.43. The largest absolute Gasteiger partial charge is 0.493 e. The zero-order valence-electron chi connectivity index (χ0n) is 16.5. The molecule has 0 atom stereocenters. The van der Waals surface area contributed by atoms with Gasteiger partial charge in [-0.25, -0.2) is 0 Å². The lowest BCUT2D eigenvalue weighted by atomic mass is 10.2. The molecule has 0 unspecified atom stereocenters. The summed E-state index contributed by atoms with van der Waals surface area (Å²) in [5, 5.41) is 0. The Hall–Kier alpha value is -4.00. The van der Waals surface area contributed by atoms with Gasteiger partial charge in [0, 0.05) is 5.56 Å². The van der Waals surface area contributed by atoms with E-state index in [-0.39, 0.29) is 6.61 Å². The molecule has 0 spiro atoms. The second kappa shape index (κ2) is 10.5. The third-order valence-corrected chi connectivity index (χ3v) is 4.11. The molecule has 0 saturated carbocycles. The van der Waals surface area contributed by atoms with Gasteiger partial charge in [-0.05, 0) is 42.0 Å². The van der Waals surface area contributed by atoms with Crippen LogP contribution in [-0.2, 0) is 11.4 Å². The van der Waals surface area contributed by atoms with Gasteiger partial charge in [-0.1, -0.05) is 42.5 Å². The molecule has 0 aliphatic heterocycles. The average molecular weight is 406 g/mol. The van der Waals surface area contributed by atoms with E-state index in [4.69, 9.17) is 14.2 Å². The number of carbonyl (C=O) groups is 2. The Morgan fingerprint density at radius 2 is 1.43 bits per heavy atom. The van der Waals surface area contributed by atoms with Crippen molar-refractivity contribution in [2.75, 3.05) is 13.7 Å². The van der Waals surface area contributed by atoms with Gasteiger partial charge in [0.2, 0.25) is 0 Å². The summed E-state index contributed by atoms with van der Waals surface area (Å²) in [5.41, 5.74) is 6.10. The number of para-hydroxylation sites is 2. The number of amides is 2. The highest BCUT2D eigenvalue weighted by molar-refractivity contribution is 5.95. The minimum Gasteiger partial charge on any atom is -0.493 e. The molecule has 3 aromatic carbocycles. The van der Waals surface area contributed by atoms with E-state index in [1.54, 1.807) is 48.5 Å². The maximum Gasteiger partial charge on any atom is 0.276 e. The Bertz CT molecular complexity index is 974. The van der Waals surface area contributed by atoms with Crippen molar-refractivity contribution in [2.24, 2.45) is 0 Å². The number of methoxy groups -OCH3 is 1. The fourth-order valence-corrected chi connectivity index (χ4v) is 2.56. The van der Waals surface area contributed by atoms with Crippen LogP contribution in [0.15, 0.2) is 78.9 Å². The maximum atomic E-state index is 12.2. The lowest BCUT2D eigenvalue weighted by molar-refractivity contribution is -0.123. The molecule has 0 fully saturated rings. The smallest absolute Gasteiger partial charge is 0.276 e. The van der Waals surface area contributed by atoms with Crippen molar-refractivity contribution in [3.8, 4) is 17.2 Å². The van der Waals surface area contributed by atoms with Crippen molar-refractivity contribution in [1.82, 2.24) is 10.9 Å². The standard InChI is InChI=1S/C23H22N2O5/c1-28-20-9-5-6-10-21(20)30-16-22(26)24-25-23(27)18-11-13-19(14-12-18)29-15-17-7-3-2-4-8-17/h2-14H,15-16H2,1H3,(H,24,26)(H,25,27). The van der Waals surface area contributed by atoms with E-state index in [2.05, 4.69) is 10.9 Å². The van der Waals surface area contributed by atoms with Crippen LogP contribution >= 0.6 is 0 Å². The van der Waals surface area contributed by atoms with Crippen molar-refractivity contribution >= 4 is 11.8 Å². The van der Waals surface area contributed by atoms with E-state index in [1.165, 1.54) is 7.11 Å². The summed E-state index contributed by atoms with van der Waals surface area (Å²) >= 11 is 0. The van der Waals surface area contributed by atoms with Gasteiger partial charge in [-0.3, -0.25) is 20.4 Å². The molecule has 7 nitrogen and oxygen atoms in total. The molecule has 3 rings (SSSR count). The number of ether oxygens (including phenoxy) is 3. The molecule has 0 heterocycles. The Kier molecular flexibility index (Phi) is 7.27. The fraction of sp³-hybridized carbons (Fsp3) is 0.130. The van der Waals surface area contributed by atoms with E-state index in [1.807, 2.05) is 30.3 Å². The van der Waals surface area contributed by atoms with E-state index >= 15 is 0 Å². The van der Waals surface area contributed by atoms with Gasteiger partial charge >= 0.3 is 0 Å². The van der Waals surface area contributed by atoms with Crippen molar-refractivity contribution < 1.29 is 23.8 Å². The minimum atomic E-state index is -0.503. The lowest BCUT2D eigenvalue weighted by Crippen LogP contribution is -2.43. The highest BCUT2D eigenvalue weighted by Crippen LogP contribution is 2.25. The Morgan fingerprint density at radius 3 is 2.13 bits per heavy atom. The maximum absolute atomic E-state index is 12.2. The molecule has 3 aromatic rings. The predicted octanol–water partition coefficient (Wildman–Crippen LogP) is 3.11. The van der Waals surface area contributed by atoms with Crippen LogP contribution in [0.3, 0.4) is 0 Å². The van der Waals surface area contributed by atoms with Crippen molar-refractivity contribution in [1.29, 1.82) is 0 Å². The van der Waals surface area contributed by atoms with E-state index in [0.29, 0.717) is 29.4 Å². The fourth-order valence-electron chi connectivity index (χ4n) is 2.56. The van der Waals surface area contributed by atoms with Crippen molar-refractivity contribution in [3.05, 3.63) is 90.0 Å². The van der Waals surface area contributed by atoms with Crippen LogP contribution in [0.1, 0.15) is 15.9 Å². The van der Waals surface area contributed by atoms with Crippen LogP contribution in [0, 0.1) is 0 Å². The summed E-state index contributed by atoms with van der Waals surface area (Å²) < 4.78 is 16.2. The van der Waals surface area contributed by atoms with Crippen LogP contribution in [0.2, 0.25) is 0 Å². The topological polar surface area (TPSA) is 85.9 Å². The van der Waals surface area contributed by atoms with Crippen molar-refractivity contribution in [3.63, 3.8) is 0 Å². The summed E-state index contributed by atoms with van der Waals surface area (Å²) in [6, 6.07) is 23.4. The number of nitrogens with one attached hydrogen (secondary N) is 2. The first-order valence-corrected chi connectivity index (χ1v) is 9.27. The molecule has 2 N–H and O–H groups in total. The third kappa shape index (κ3) is 6.00. The number of hydrogen-bond acceptors (Lipinski definition) is 5. The van der Waals surface area contributed by atoms with Crippen molar-refractivity contribution in [2.45, 2.75) is 6.61 Å². The zero-order valence-corrected chi connectivity index (χ0v) is 16.5. The average Bonchev–Trinajstić information content (AvgIpc) is 2.81. The Labute approximate surface area is 174 Å². The van der Waals surface area contributed by atoms with E-state index in [0.717, 1.165) is 5.56 Å². The molecule has 0 aliphatic carbocycles. The SMILES string of the molecule is COc1ccccc1OCC(=O)NNC(=O)c1ccc(OCc2ccccc2)cc1. The number of benzene rings is 3. The molecule has 154 valence electrons. The van der Waals surface area contributed by atoms with Gasteiger partial charge in [0.25, 0.3) is 11.8 Å². The summed E-state index contributed by atoms with van der Waals surface area (Å²) in [6.45, 7) is 0.168. The number of carbonyl (C=O) groups excluding carboxylic acids is 2. The molecular formula is C23H22N2O5.